The van der Waals surface area contributed by atoms with Crippen LogP contribution in [0.15, 0.2) is 47.6 Å². The Balaban J connectivity index is 2.72. The largest absolute Gasteiger partial charge is 0.478 e. The van der Waals surface area contributed by atoms with E-state index in [1.807, 2.05) is 6.92 Å². The number of esters is 2. The molecule has 1 aliphatic heterocycles. The van der Waals surface area contributed by atoms with Gasteiger partial charge in [0.25, 0.3) is 5.79 Å². The van der Waals surface area contributed by atoms with Gasteiger partial charge >= 0.3 is 17.9 Å². The van der Waals surface area contributed by atoms with E-state index in [1.54, 1.807) is 30.3 Å². The van der Waals surface area contributed by atoms with Crippen molar-refractivity contribution in [2.75, 3.05) is 0 Å². The standard InChI is InChI=1S/C20H22O6/c1-4-5-11-20(25-14(3)21)16(12-13(2)18(22)23)17(19(24)26-20)15-9-7-6-8-10-15/h6-10,12H,4-5,11H2,1-3H3,(H,22,23)/b13-12+. The summed E-state index contributed by atoms with van der Waals surface area (Å²) in [5, 5.41) is 9.27. The van der Waals surface area contributed by atoms with Gasteiger partial charge in [-0.15, -0.1) is 0 Å². The monoisotopic (exact) mass is 358 g/mol. The van der Waals surface area contributed by atoms with Gasteiger partial charge in [0.05, 0.1) is 11.1 Å². The molecule has 1 aromatic rings. The molecule has 1 N–H and O–H groups in total. The maximum Gasteiger partial charge on any atom is 0.342 e. The van der Waals surface area contributed by atoms with Crippen molar-refractivity contribution in [2.45, 2.75) is 45.8 Å². The number of carboxylic acid groups (broad SMARTS) is 1. The Labute approximate surface area is 152 Å². The molecule has 1 heterocycles. The summed E-state index contributed by atoms with van der Waals surface area (Å²) >= 11 is 0. The van der Waals surface area contributed by atoms with Crippen LogP contribution in [0.3, 0.4) is 0 Å². The van der Waals surface area contributed by atoms with Crippen molar-refractivity contribution in [3.63, 3.8) is 0 Å². The van der Waals surface area contributed by atoms with Crippen LogP contribution < -0.4 is 0 Å². The molecule has 0 saturated carbocycles. The second-order valence-electron chi connectivity index (χ2n) is 6.13. The van der Waals surface area contributed by atoms with E-state index in [0.717, 1.165) is 6.42 Å². The molecule has 0 fully saturated rings. The number of benzene rings is 1. The lowest BCUT2D eigenvalue weighted by atomic mass is 9.92. The average Bonchev–Trinajstić information content (AvgIpc) is 2.84. The first-order chi connectivity index (χ1) is 12.3. The zero-order chi connectivity index (χ0) is 19.3. The van der Waals surface area contributed by atoms with Crippen molar-refractivity contribution >= 4 is 23.5 Å². The van der Waals surface area contributed by atoms with Gasteiger partial charge in [-0.1, -0.05) is 43.7 Å². The summed E-state index contributed by atoms with van der Waals surface area (Å²) in [4.78, 5) is 35.7. The van der Waals surface area contributed by atoms with Crippen molar-refractivity contribution in [3.8, 4) is 0 Å². The molecule has 0 aliphatic carbocycles. The molecule has 0 saturated heterocycles. The van der Waals surface area contributed by atoms with Gasteiger partial charge in [-0.3, -0.25) is 4.79 Å². The van der Waals surface area contributed by atoms with Crippen molar-refractivity contribution < 1.29 is 29.0 Å². The lowest BCUT2D eigenvalue weighted by Crippen LogP contribution is -2.37. The van der Waals surface area contributed by atoms with E-state index in [2.05, 4.69) is 0 Å². The van der Waals surface area contributed by atoms with Crippen LogP contribution in [-0.2, 0) is 23.9 Å². The first-order valence-corrected chi connectivity index (χ1v) is 8.45. The van der Waals surface area contributed by atoms with Crippen LogP contribution >= 0.6 is 0 Å². The highest BCUT2D eigenvalue weighted by Gasteiger charge is 2.49. The van der Waals surface area contributed by atoms with Crippen molar-refractivity contribution in [1.29, 1.82) is 0 Å². The third-order valence-electron chi connectivity index (χ3n) is 4.07. The minimum absolute atomic E-state index is 0.0137. The molecule has 138 valence electrons. The van der Waals surface area contributed by atoms with Gasteiger partial charge in [0.1, 0.15) is 0 Å². The number of cyclic esters (lactones) is 1. The highest BCUT2D eigenvalue weighted by Crippen LogP contribution is 2.43. The number of carbonyl (C=O) groups is 3. The molecule has 0 bridgehead atoms. The molecule has 1 aliphatic rings. The van der Waals surface area contributed by atoms with Gasteiger partial charge < -0.3 is 14.6 Å². The van der Waals surface area contributed by atoms with Crippen molar-refractivity contribution in [3.05, 3.63) is 53.1 Å². The average molecular weight is 358 g/mol. The van der Waals surface area contributed by atoms with Gasteiger partial charge in [0.15, 0.2) is 0 Å². The number of rotatable bonds is 7. The van der Waals surface area contributed by atoms with Crippen LogP contribution in [0.2, 0.25) is 0 Å². The van der Waals surface area contributed by atoms with Gasteiger partial charge in [-0.25, -0.2) is 9.59 Å². The van der Waals surface area contributed by atoms with E-state index in [9.17, 15) is 19.5 Å². The maximum atomic E-state index is 12.6. The second-order valence-corrected chi connectivity index (χ2v) is 6.13. The summed E-state index contributed by atoms with van der Waals surface area (Å²) in [6.45, 7) is 4.60. The van der Waals surface area contributed by atoms with Crippen LogP contribution in [0.1, 0.15) is 45.6 Å². The van der Waals surface area contributed by atoms with E-state index in [0.29, 0.717) is 12.0 Å². The molecule has 0 amide bonds. The molecule has 0 radical (unpaired) electrons. The van der Waals surface area contributed by atoms with E-state index < -0.39 is 23.7 Å². The molecular weight excluding hydrogens is 336 g/mol. The van der Waals surface area contributed by atoms with Crippen molar-refractivity contribution in [1.82, 2.24) is 0 Å². The number of carbonyl (C=O) groups excluding carboxylic acids is 2. The zero-order valence-corrected chi connectivity index (χ0v) is 15.1. The number of ether oxygens (including phenoxy) is 2. The first kappa shape index (κ1) is 19.4. The lowest BCUT2D eigenvalue weighted by Gasteiger charge is -2.29. The number of hydrogen-bond donors (Lipinski definition) is 1. The van der Waals surface area contributed by atoms with E-state index >= 15 is 0 Å². The van der Waals surface area contributed by atoms with Crippen LogP contribution in [0, 0.1) is 0 Å². The summed E-state index contributed by atoms with van der Waals surface area (Å²) in [6.07, 6.45) is 3.03. The van der Waals surface area contributed by atoms with Crippen LogP contribution in [-0.4, -0.2) is 28.8 Å². The molecule has 0 aromatic heterocycles. The third kappa shape index (κ3) is 4.02. The fraction of sp³-hybridized carbons (Fsp3) is 0.350. The molecular formula is C20H22O6. The minimum atomic E-state index is -1.61. The van der Waals surface area contributed by atoms with Crippen LogP contribution in [0.4, 0.5) is 0 Å². The molecule has 2 rings (SSSR count). The lowest BCUT2D eigenvalue weighted by molar-refractivity contribution is -0.206. The quantitative estimate of drug-likeness (QED) is 0.593. The second kappa shape index (κ2) is 7.99. The van der Waals surface area contributed by atoms with Crippen LogP contribution in [0.25, 0.3) is 5.57 Å². The predicted octanol–water partition coefficient (Wildman–Crippen LogP) is 3.48. The van der Waals surface area contributed by atoms with Gasteiger partial charge in [0.2, 0.25) is 0 Å². The van der Waals surface area contributed by atoms with E-state index in [-0.39, 0.29) is 23.1 Å². The van der Waals surface area contributed by atoms with E-state index in [4.69, 9.17) is 9.47 Å². The van der Waals surface area contributed by atoms with Crippen LogP contribution in [0.5, 0.6) is 0 Å². The summed E-state index contributed by atoms with van der Waals surface area (Å²) in [5.74, 6) is -3.99. The fourth-order valence-corrected chi connectivity index (χ4v) is 2.85. The number of carboxylic acids is 1. The Morgan fingerprint density at radius 1 is 1.23 bits per heavy atom. The zero-order valence-electron chi connectivity index (χ0n) is 15.1. The highest BCUT2D eigenvalue weighted by atomic mass is 16.7. The van der Waals surface area contributed by atoms with Gasteiger partial charge in [-0.2, -0.15) is 0 Å². The van der Waals surface area contributed by atoms with Crippen molar-refractivity contribution in [2.24, 2.45) is 0 Å². The fourth-order valence-electron chi connectivity index (χ4n) is 2.85. The molecule has 1 unspecified atom stereocenters. The molecule has 26 heavy (non-hydrogen) atoms. The number of unbranched alkanes of at least 4 members (excludes halogenated alkanes) is 1. The molecule has 6 heteroatoms. The molecule has 1 atom stereocenters. The molecule has 6 nitrogen and oxygen atoms in total. The predicted molar refractivity (Wildman–Crippen MR) is 94.9 cm³/mol. The Morgan fingerprint density at radius 3 is 2.42 bits per heavy atom. The normalized spacial score (nSPS) is 20.1. The number of aliphatic carboxylic acids is 1. The summed E-state index contributed by atoms with van der Waals surface area (Å²) in [6, 6.07) is 8.78. The third-order valence-corrected chi connectivity index (χ3v) is 4.07. The maximum absolute atomic E-state index is 12.6. The van der Waals surface area contributed by atoms with E-state index in [1.165, 1.54) is 19.9 Å². The topological polar surface area (TPSA) is 89.9 Å². The Morgan fingerprint density at radius 2 is 1.88 bits per heavy atom. The summed E-state index contributed by atoms with van der Waals surface area (Å²) in [7, 11) is 0. The first-order valence-electron chi connectivity index (χ1n) is 8.45. The smallest absolute Gasteiger partial charge is 0.342 e. The van der Waals surface area contributed by atoms with Gasteiger partial charge in [0, 0.05) is 18.9 Å². The molecule has 0 spiro atoms. The Bertz CT molecular complexity index is 775. The molecule has 1 aromatic carbocycles. The van der Waals surface area contributed by atoms with Gasteiger partial charge in [-0.05, 0) is 25.0 Å². The SMILES string of the molecule is CCCCC1(OC(C)=O)OC(=O)C(c2ccccc2)=C1/C=C(\C)C(=O)O. The Hall–Kier alpha value is -2.89. The Kier molecular flexibility index (Phi) is 5.97. The minimum Gasteiger partial charge on any atom is -0.478 e. The number of hydrogen-bond acceptors (Lipinski definition) is 5. The summed E-state index contributed by atoms with van der Waals surface area (Å²) < 4.78 is 11.0. The highest BCUT2D eigenvalue weighted by molar-refractivity contribution is 6.21. The summed E-state index contributed by atoms with van der Waals surface area (Å²) in [5.41, 5.74) is 1.06.